The number of nitrogens with zero attached hydrogens (tertiary/aromatic N) is 3. The molecule has 8 heteroatoms. The first-order valence-corrected chi connectivity index (χ1v) is 6.97. The van der Waals surface area contributed by atoms with Crippen LogP contribution in [0.4, 0.5) is 4.79 Å². The lowest BCUT2D eigenvalue weighted by Gasteiger charge is -2.11. The Morgan fingerprint density at radius 2 is 2.24 bits per heavy atom. The van der Waals surface area contributed by atoms with Gasteiger partial charge in [-0.15, -0.1) is 0 Å². The Morgan fingerprint density at radius 1 is 1.43 bits per heavy atom. The molecule has 2 N–H and O–H groups in total. The van der Waals surface area contributed by atoms with Crippen LogP contribution >= 0.6 is 0 Å². The van der Waals surface area contributed by atoms with Crippen molar-refractivity contribution in [2.75, 3.05) is 13.1 Å². The molecule has 1 atom stereocenters. The van der Waals surface area contributed by atoms with Crippen LogP contribution in [0.1, 0.15) is 19.8 Å². The molecular formula is C13H19N5O3. The van der Waals surface area contributed by atoms with Crippen LogP contribution in [-0.4, -0.2) is 51.7 Å². The summed E-state index contributed by atoms with van der Waals surface area (Å²) >= 11 is 0. The van der Waals surface area contributed by atoms with E-state index in [-0.39, 0.29) is 18.2 Å². The van der Waals surface area contributed by atoms with Crippen molar-refractivity contribution < 1.29 is 14.4 Å². The fraction of sp³-hybridized carbons (Fsp3) is 0.538. The van der Waals surface area contributed by atoms with Gasteiger partial charge in [0, 0.05) is 25.5 Å². The number of imide groups is 1. The maximum absolute atomic E-state index is 12.0. The van der Waals surface area contributed by atoms with Gasteiger partial charge in [-0.1, -0.05) is 6.92 Å². The molecule has 1 aliphatic heterocycles. The number of urea groups is 1. The Bertz CT molecular complexity index is 514. The van der Waals surface area contributed by atoms with Gasteiger partial charge in [-0.2, -0.15) is 5.10 Å². The summed E-state index contributed by atoms with van der Waals surface area (Å²) in [6, 6.07) is 0.626. The minimum atomic E-state index is -0.756. The van der Waals surface area contributed by atoms with E-state index in [1.807, 2.05) is 6.92 Å². The van der Waals surface area contributed by atoms with Crippen molar-refractivity contribution in [1.29, 1.82) is 0 Å². The van der Waals surface area contributed by atoms with E-state index in [2.05, 4.69) is 15.7 Å². The summed E-state index contributed by atoms with van der Waals surface area (Å²) in [5, 5.41) is 9.26. The molecule has 8 nitrogen and oxygen atoms in total. The fourth-order valence-electron chi connectivity index (χ4n) is 2.15. The smallest absolute Gasteiger partial charge is 0.324 e. The van der Waals surface area contributed by atoms with Crippen molar-refractivity contribution in [3.8, 4) is 0 Å². The highest BCUT2D eigenvalue weighted by Gasteiger charge is 2.38. The van der Waals surface area contributed by atoms with Gasteiger partial charge in [0.25, 0.3) is 5.91 Å². The van der Waals surface area contributed by atoms with E-state index in [0.717, 1.165) is 4.90 Å². The molecule has 21 heavy (non-hydrogen) atoms. The molecule has 0 spiro atoms. The average Bonchev–Trinajstić information content (AvgIpc) is 3.04. The van der Waals surface area contributed by atoms with Gasteiger partial charge < -0.3 is 10.6 Å². The van der Waals surface area contributed by atoms with E-state index in [1.165, 1.54) is 0 Å². The average molecular weight is 293 g/mol. The number of carbonyl (C=O) groups is 3. The zero-order valence-corrected chi connectivity index (χ0v) is 11.9. The summed E-state index contributed by atoms with van der Waals surface area (Å²) < 4.78 is 1.70. The van der Waals surface area contributed by atoms with Crippen molar-refractivity contribution in [3.05, 3.63) is 18.5 Å². The second-order valence-electron chi connectivity index (χ2n) is 4.82. The maximum Gasteiger partial charge on any atom is 0.324 e. The van der Waals surface area contributed by atoms with E-state index in [4.69, 9.17) is 0 Å². The fourth-order valence-corrected chi connectivity index (χ4v) is 2.15. The Balaban J connectivity index is 1.75. The molecule has 0 aromatic carbocycles. The lowest BCUT2D eigenvalue weighted by molar-refractivity contribution is -0.130. The zero-order valence-electron chi connectivity index (χ0n) is 11.9. The summed E-state index contributed by atoms with van der Waals surface area (Å²) in [7, 11) is 0. The van der Waals surface area contributed by atoms with Crippen LogP contribution in [0.5, 0.6) is 0 Å². The van der Waals surface area contributed by atoms with E-state index < -0.39 is 12.1 Å². The summed E-state index contributed by atoms with van der Waals surface area (Å²) in [5.41, 5.74) is 0. The van der Waals surface area contributed by atoms with Crippen molar-refractivity contribution in [2.45, 2.75) is 32.4 Å². The summed E-state index contributed by atoms with van der Waals surface area (Å²) in [6.45, 7) is 3.25. The third kappa shape index (κ3) is 3.80. The summed E-state index contributed by atoms with van der Waals surface area (Å²) in [6.07, 6.45) is 4.12. The van der Waals surface area contributed by atoms with Gasteiger partial charge in [0.05, 0.1) is 13.0 Å². The molecule has 114 valence electrons. The van der Waals surface area contributed by atoms with E-state index >= 15 is 0 Å². The van der Waals surface area contributed by atoms with E-state index in [1.54, 1.807) is 23.1 Å². The Kier molecular flexibility index (Phi) is 4.91. The van der Waals surface area contributed by atoms with Gasteiger partial charge in [0.15, 0.2) is 0 Å². The maximum atomic E-state index is 12.0. The van der Waals surface area contributed by atoms with Crippen molar-refractivity contribution >= 4 is 17.8 Å². The molecule has 1 aromatic rings. The van der Waals surface area contributed by atoms with Gasteiger partial charge in [-0.05, 0) is 12.5 Å². The van der Waals surface area contributed by atoms with Gasteiger partial charge >= 0.3 is 6.03 Å². The van der Waals surface area contributed by atoms with E-state index in [9.17, 15) is 14.4 Å². The molecule has 1 aliphatic rings. The zero-order chi connectivity index (χ0) is 15.2. The number of amides is 4. The summed E-state index contributed by atoms with van der Waals surface area (Å²) in [5.74, 6) is -0.594. The molecule has 1 fully saturated rings. The van der Waals surface area contributed by atoms with Gasteiger partial charge in [-0.3, -0.25) is 19.2 Å². The van der Waals surface area contributed by atoms with Crippen LogP contribution in [0.25, 0.3) is 0 Å². The monoisotopic (exact) mass is 293 g/mol. The molecule has 1 aromatic heterocycles. The Morgan fingerprint density at radius 3 is 2.90 bits per heavy atom. The summed E-state index contributed by atoms with van der Waals surface area (Å²) in [4.78, 5) is 36.5. The third-order valence-corrected chi connectivity index (χ3v) is 3.17. The standard InChI is InChI=1S/C13H19N5O3/c1-2-6-18-12(20)10(16-13(18)21)9-11(19)14-5-8-17-7-3-4-15-17/h3-4,7,10H,2,5-6,8-9H2,1H3,(H,14,19)(H,16,21). The van der Waals surface area contributed by atoms with Crippen LogP contribution in [0.3, 0.4) is 0 Å². The largest absolute Gasteiger partial charge is 0.354 e. The number of aromatic nitrogens is 2. The molecule has 4 amide bonds. The lowest BCUT2D eigenvalue weighted by atomic mass is 10.2. The Labute approximate surface area is 122 Å². The normalized spacial score (nSPS) is 18.0. The van der Waals surface area contributed by atoms with Crippen LogP contribution in [0, 0.1) is 0 Å². The van der Waals surface area contributed by atoms with Gasteiger partial charge in [-0.25, -0.2) is 4.79 Å². The predicted octanol–water partition coefficient (Wildman–Crippen LogP) is -0.280. The van der Waals surface area contributed by atoms with Crippen molar-refractivity contribution in [3.63, 3.8) is 0 Å². The minimum Gasteiger partial charge on any atom is -0.354 e. The van der Waals surface area contributed by atoms with Gasteiger partial charge in [0.1, 0.15) is 6.04 Å². The molecular weight excluding hydrogens is 274 g/mol. The molecule has 1 unspecified atom stereocenters. The first-order chi connectivity index (χ1) is 10.1. The number of nitrogens with one attached hydrogen (secondary N) is 2. The van der Waals surface area contributed by atoms with Crippen LogP contribution in [-0.2, 0) is 16.1 Å². The third-order valence-electron chi connectivity index (χ3n) is 3.17. The predicted molar refractivity (Wildman–Crippen MR) is 74.2 cm³/mol. The minimum absolute atomic E-state index is 0.0378. The highest BCUT2D eigenvalue weighted by Crippen LogP contribution is 2.09. The molecule has 1 saturated heterocycles. The molecule has 0 radical (unpaired) electrons. The number of hydrogen-bond donors (Lipinski definition) is 2. The highest BCUT2D eigenvalue weighted by atomic mass is 16.2. The quantitative estimate of drug-likeness (QED) is 0.676. The lowest BCUT2D eigenvalue weighted by Crippen LogP contribution is -2.37. The number of hydrogen-bond acceptors (Lipinski definition) is 4. The van der Waals surface area contributed by atoms with Crippen molar-refractivity contribution in [1.82, 2.24) is 25.3 Å². The first-order valence-electron chi connectivity index (χ1n) is 6.97. The number of rotatable bonds is 7. The second kappa shape index (κ2) is 6.87. The molecule has 2 rings (SSSR count). The second-order valence-corrected chi connectivity index (χ2v) is 4.82. The first kappa shape index (κ1) is 15.0. The van der Waals surface area contributed by atoms with Crippen molar-refractivity contribution in [2.24, 2.45) is 0 Å². The molecule has 0 saturated carbocycles. The van der Waals surface area contributed by atoms with Crippen LogP contribution in [0.15, 0.2) is 18.5 Å². The van der Waals surface area contributed by atoms with Gasteiger partial charge in [0.2, 0.25) is 5.91 Å². The highest BCUT2D eigenvalue weighted by molar-refractivity contribution is 6.05. The Hall–Kier alpha value is -2.38. The molecule has 2 heterocycles. The SMILES string of the molecule is CCCN1C(=O)NC(CC(=O)NCCn2cccn2)C1=O. The molecule has 0 bridgehead atoms. The molecule has 0 aliphatic carbocycles. The number of carbonyl (C=O) groups excluding carboxylic acids is 3. The topological polar surface area (TPSA) is 96.3 Å². The van der Waals surface area contributed by atoms with E-state index in [0.29, 0.717) is 26.1 Å². The van der Waals surface area contributed by atoms with Crippen LogP contribution in [0.2, 0.25) is 0 Å². The van der Waals surface area contributed by atoms with Crippen LogP contribution < -0.4 is 10.6 Å².